The number of Topliss-reactive ketones (excluding diaryl/α,β-unsaturated/α-hetero) is 1. The van der Waals surface area contributed by atoms with Gasteiger partial charge in [-0.2, -0.15) is 4.57 Å². The fourth-order valence-corrected chi connectivity index (χ4v) is 1.78. The summed E-state index contributed by atoms with van der Waals surface area (Å²) in [5.74, 6) is 0.781. The molecule has 0 aliphatic heterocycles. The van der Waals surface area contributed by atoms with Crippen LogP contribution in [0.3, 0.4) is 0 Å². The van der Waals surface area contributed by atoms with Gasteiger partial charge >= 0.3 is 0 Å². The second-order valence-electron chi connectivity index (χ2n) is 4.13. The number of hydrogen-bond acceptors (Lipinski definition) is 2. The maximum absolute atomic E-state index is 12.2. The lowest BCUT2D eigenvalue weighted by atomic mass is 10.1. The quantitative estimate of drug-likeness (QED) is 0.544. The first-order valence-corrected chi connectivity index (χ1v) is 5.83. The minimum atomic E-state index is 0. The highest BCUT2D eigenvalue weighted by atomic mass is 79.9. The first-order chi connectivity index (χ1) is 8.70. The predicted octanol–water partition coefficient (Wildman–Crippen LogP) is -0.822. The highest BCUT2D eigenvalue weighted by Gasteiger charge is 2.14. The molecule has 1 aromatic carbocycles. The summed E-state index contributed by atoms with van der Waals surface area (Å²) < 4.78 is 7.05. The average molecular weight is 322 g/mol. The number of carbonyl (C=O) groups excluding carboxylic acids is 1. The van der Waals surface area contributed by atoms with E-state index >= 15 is 0 Å². The Morgan fingerprint density at radius 2 is 2.00 bits per heavy atom. The summed E-state index contributed by atoms with van der Waals surface area (Å²) in [7, 11) is 1.60. The van der Waals surface area contributed by atoms with Gasteiger partial charge in [-0.25, -0.2) is 0 Å². The molecule has 0 fully saturated rings. The minimum Gasteiger partial charge on any atom is -1.00 e. The number of aryl methyl sites for hydroxylation is 1. The van der Waals surface area contributed by atoms with Crippen molar-refractivity contribution in [2.45, 2.75) is 13.5 Å². The number of ether oxygens (including phenoxy) is 1. The van der Waals surface area contributed by atoms with Crippen LogP contribution in [0.1, 0.15) is 16.1 Å². The molecule has 0 bridgehead atoms. The van der Waals surface area contributed by atoms with Crippen LogP contribution in [0.4, 0.5) is 0 Å². The number of hydrogen-bond donors (Lipinski definition) is 0. The monoisotopic (exact) mass is 321 g/mol. The van der Waals surface area contributed by atoms with Crippen LogP contribution in [0.25, 0.3) is 0 Å². The molecular weight excluding hydrogens is 306 g/mol. The fraction of sp³-hybridized carbons (Fsp3) is 0.200. The third-order valence-corrected chi connectivity index (χ3v) is 2.87. The lowest BCUT2D eigenvalue weighted by molar-refractivity contribution is -0.689. The van der Waals surface area contributed by atoms with E-state index in [-0.39, 0.29) is 22.8 Å². The van der Waals surface area contributed by atoms with E-state index in [1.54, 1.807) is 13.2 Å². The Labute approximate surface area is 123 Å². The predicted molar refractivity (Wildman–Crippen MR) is 68.7 cm³/mol. The summed E-state index contributed by atoms with van der Waals surface area (Å²) in [5, 5.41) is 0. The number of ketones is 1. The van der Waals surface area contributed by atoms with Gasteiger partial charge < -0.3 is 21.7 Å². The topological polar surface area (TPSA) is 30.2 Å². The molecular formula is C15H16BrNO2. The fourth-order valence-electron chi connectivity index (χ4n) is 1.78. The van der Waals surface area contributed by atoms with E-state index in [9.17, 15) is 4.79 Å². The SMILES string of the molecule is COc1cccc(C(=O)C[n+]2ccccc2C)c1.[Br-]. The van der Waals surface area contributed by atoms with Crippen LogP contribution in [0.5, 0.6) is 5.75 Å². The summed E-state index contributed by atoms with van der Waals surface area (Å²) in [4.78, 5) is 12.2. The van der Waals surface area contributed by atoms with Crippen LogP contribution in [-0.4, -0.2) is 12.9 Å². The van der Waals surface area contributed by atoms with Crippen molar-refractivity contribution in [1.82, 2.24) is 0 Å². The molecule has 0 amide bonds. The Hall–Kier alpha value is -1.68. The van der Waals surface area contributed by atoms with Crippen molar-refractivity contribution in [1.29, 1.82) is 0 Å². The number of carbonyl (C=O) groups is 1. The van der Waals surface area contributed by atoms with Crippen LogP contribution in [-0.2, 0) is 6.54 Å². The molecule has 0 aliphatic rings. The van der Waals surface area contributed by atoms with E-state index in [1.165, 1.54) is 0 Å². The van der Waals surface area contributed by atoms with Gasteiger partial charge in [0.2, 0.25) is 12.3 Å². The van der Waals surface area contributed by atoms with Crippen LogP contribution >= 0.6 is 0 Å². The number of nitrogens with zero attached hydrogens (tertiary/aromatic N) is 1. The van der Waals surface area contributed by atoms with E-state index in [2.05, 4.69) is 0 Å². The first kappa shape index (κ1) is 15.4. The molecule has 2 aromatic rings. The summed E-state index contributed by atoms with van der Waals surface area (Å²) in [6.45, 7) is 2.33. The van der Waals surface area contributed by atoms with Crippen LogP contribution in [0.15, 0.2) is 48.7 Å². The van der Waals surface area contributed by atoms with E-state index in [0.717, 1.165) is 5.69 Å². The number of benzene rings is 1. The molecule has 3 nitrogen and oxygen atoms in total. The number of pyridine rings is 1. The molecule has 1 aromatic heterocycles. The summed E-state index contributed by atoms with van der Waals surface area (Å²) in [6, 6.07) is 13.1. The van der Waals surface area contributed by atoms with E-state index in [0.29, 0.717) is 17.9 Å². The number of aromatic nitrogens is 1. The maximum atomic E-state index is 12.2. The van der Waals surface area contributed by atoms with Gasteiger partial charge in [0.25, 0.3) is 0 Å². The second-order valence-corrected chi connectivity index (χ2v) is 4.13. The van der Waals surface area contributed by atoms with Crippen molar-refractivity contribution in [2.75, 3.05) is 7.11 Å². The highest BCUT2D eigenvalue weighted by Crippen LogP contribution is 2.13. The average Bonchev–Trinajstić information content (AvgIpc) is 2.41. The molecule has 0 aliphatic carbocycles. The smallest absolute Gasteiger partial charge is 0.227 e. The van der Waals surface area contributed by atoms with Gasteiger partial charge in [-0.1, -0.05) is 18.2 Å². The molecule has 0 saturated heterocycles. The van der Waals surface area contributed by atoms with Gasteiger partial charge in [0.05, 0.1) is 7.11 Å². The Balaban J connectivity index is 0.00000180. The molecule has 0 saturated carbocycles. The molecule has 19 heavy (non-hydrogen) atoms. The van der Waals surface area contributed by atoms with Gasteiger partial charge in [0.15, 0.2) is 11.9 Å². The van der Waals surface area contributed by atoms with Gasteiger partial charge in [-0.3, -0.25) is 4.79 Å². The molecule has 0 spiro atoms. The summed E-state index contributed by atoms with van der Waals surface area (Å²) >= 11 is 0. The van der Waals surface area contributed by atoms with Crippen molar-refractivity contribution in [3.05, 3.63) is 59.9 Å². The van der Waals surface area contributed by atoms with Crippen molar-refractivity contribution in [3.63, 3.8) is 0 Å². The zero-order valence-corrected chi connectivity index (χ0v) is 12.6. The Morgan fingerprint density at radius 1 is 1.21 bits per heavy atom. The Kier molecular flexibility index (Phi) is 5.70. The Morgan fingerprint density at radius 3 is 2.68 bits per heavy atom. The van der Waals surface area contributed by atoms with Crippen molar-refractivity contribution >= 4 is 5.78 Å². The number of methoxy groups -OCH3 is 1. The van der Waals surface area contributed by atoms with Crippen molar-refractivity contribution < 1.29 is 31.1 Å². The zero-order valence-electron chi connectivity index (χ0n) is 11.0. The largest absolute Gasteiger partial charge is 1.00 e. The molecule has 100 valence electrons. The third-order valence-electron chi connectivity index (χ3n) is 2.87. The molecule has 0 unspecified atom stereocenters. The van der Waals surface area contributed by atoms with E-state index in [1.807, 2.05) is 54.1 Å². The van der Waals surface area contributed by atoms with Gasteiger partial charge in [0, 0.05) is 24.6 Å². The van der Waals surface area contributed by atoms with Crippen LogP contribution in [0.2, 0.25) is 0 Å². The maximum Gasteiger partial charge on any atom is 0.227 e. The minimum absolute atomic E-state index is 0. The van der Waals surface area contributed by atoms with Gasteiger partial charge in [0.1, 0.15) is 5.75 Å². The lowest BCUT2D eigenvalue weighted by Gasteiger charge is -2.03. The normalized spacial score (nSPS) is 9.58. The highest BCUT2D eigenvalue weighted by molar-refractivity contribution is 5.95. The number of rotatable bonds is 4. The third kappa shape index (κ3) is 3.89. The molecule has 0 radical (unpaired) electrons. The van der Waals surface area contributed by atoms with Gasteiger partial charge in [-0.05, 0) is 12.1 Å². The van der Waals surface area contributed by atoms with Crippen LogP contribution < -0.4 is 26.3 Å². The molecule has 0 N–H and O–H groups in total. The molecule has 2 rings (SSSR count). The summed E-state index contributed by atoms with van der Waals surface area (Å²) in [6.07, 6.45) is 1.91. The second kappa shape index (κ2) is 7.04. The lowest BCUT2D eigenvalue weighted by Crippen LogP contribution is -3.00. The Bertz CT molecular complexity index is 570. The molecule has 0 atom stereocenters. The zero-order chi connectivity index (χ0) is 13.0. The van der Waals surface area contributed by atoms with Crippen molar-refractivity contribution in [2.24, 2.45) is 0 Å². The van der Waals surface area contributed by atoms with Crippen LogP contribution in [0, 0.1) is 6.92 Å². The first-order valence-electron chi connectivity index (χ1n) is 5.83. The van der Waals surface area contributed by atoms with Crippen molar-refractivity contribution in [3.8, 4) is 5.75 Å². The van der Waals surface area contributed by atoms with E-state index in [4.69, 9.17) is 4.74 Å². The van der Waals surface area contributed by atoms with E-state index < -0.39 is 0 Å². The molecule has 1 heterocycles. The number of halogens is 1. The summed E-state index contributed by atoms with van der Waals surface area (Å²) in [5.41, 5.74) is 1.74. The molecule has 4 heteroatoms. The van der Waals surface area contributed by atoms with Gasteiger partial charge in [-0.15, -0.1) is 0 Å². The standard InChI is InChI=1S/C15H16NO2.BrH/c1-12-6-3-4-9-16(12)11-15(17)13-7-5-8-14(10-13)18-2;/h3-10H,11H2,1-2H3;1H/q+1;/p-1.